The fraction of sp³-hybridized carbons (Fsp3) is 0.320. The normalized spacial score (nSPS) is 17.7. The quantitative estimate of drug-likeness (QED) is 0.644. The zero-order valence-electron chi connectivity index (χ0n) is 18.2. The van der Waals surface area contributed by atoms with E-state index in [1.807, 2.05) is 19.1 Å². The van der Waals surface area contributed by atoms with E-state index in [1.54, 1.807) is 29.2 Å². The van der Waals surface area contributed by atoms with Gasteiger partial charge in [0, 0.05) is 29.3 Å². The smallest absolute Gasteiger partial charge is 0.254 e. The average molecular weight is 438 g/mol. The number of nitriles is 2. The number of rotatable bonds is 5. The van der Waals surface area contributed by atoms with Crippen LogP contribution in [-0.4, -0.2) is 27.3 Å². The van der Waals surface area contributed by atoms with E-state index in [0.29, 0.717) is 35.8 Å². The van der Waals surface area contributed by atoms with Crippen molar-refractivity contribution in [2.45, 2.75) is 39.0 Å². The van der Waals surface area contributed by atoms with Crippen molar-refractivity contribution in [3.05, 3.63) is 64.5 Å². The highest BCUT2D eigenvalue weighted by molar-refractivity contribution is 5.99. The molecule has 1 atom stereocenters. The number of hydrogen-bond acceptors (Lipinski definition) is 7. The van der Waals surface area contributed by atoms with E-state index in [4.69, 9.17) is 15.7 Å². The maximum absolute atomic E-state index is 13.6. The standard InChI is InChI=1S/C25H22N6O2/c1-15-22-20(12-33-15)19-8-17(3-5-21(19)30-23(22)28)24(32)31(14-25(13-27)6-7-25)11-18-4-2-16(9-26)10-29-18/h2-5,8,10,15H,6-7,11-12,14H2,1H3,(H2,28,30)/t15-/m0/s1. The van der Waals surface area contributed by atoms with Gasteiger partial charge in [0.15, 0.2) is 0 Å². The highest BCUT2D eigenvalue weighted by Crippen LogP contribution is 2.46. The van der Waals surface area contributed by atoms with Crippen LogP contribution in [0.25, 0.3) is 10.9 Å². The third-order valence-electron chi connectivity index (χ3n) is 6.47. The molecule has 1 amide bonds. The van der Waals surface area contributed by atoms with Gasteiger partial charge in [-0.3, -0.25) is 9.78 Å². The number of aromatic nitrogens is 2. The van der Waals surface area contributed by atoms with Gasteiger partial charge in [-0.25, -0.2) is 4.98 Å². The molecule has 3 aromatic rings. The summed E-state index contributed by atoms with van der Waals surface area (Å²) in [4.78, 5) is 24.1. The second-order valence-electron chi connectivity index (χ2n) is 8.78. The van der Waals surface area contributed by atoms with Gasteiger partial charge in [-0.2, -0.15) is 10.5 Å². The molecular weight excluding hydrogens is 416 g/mol. The van der Waals surface area contributed by atoms with Gasteiger partial charge in [0.25, 0.3) is 5.91 Å². The van der Waals surface area contributed by atoms with Crippen molar-refractivity contribution in [2.75, 3.05) is 12.3 Å². The van der Waals surface area contributed by atoms with Crippen molar-refractivity contribution in [2.24, 2.45) is 5.41 Å². The Balaban J connectivity index is 1.51. The SMILES string of the molecule is C[C@@H]1OCc2c1c(N)nc1ccc(C(=O)N(Cc3ccc(C#N)cn3)CC3(C#N)CC3)cc21. The minimum atomic E-state index is -0.500. The van der Waals surface area contributed by atoms with E-state index < -0.39 is 5.41 Å². The van der Waals surface area contributed by atoms with Crippen LogP contribution in [0.2, 0.25) is 0 Å². The molecule has 0 saturated heterocycles. The fourth-order valence-electron chi connectivity index (χ4n) is 4.38. The molecule has 2 aromatic heterocycles. The van der Waals surface area contributed by atoms with Crippen LogP contribution in [0.1, 0.15) is 58.6 Å². The predicted molar refractivity (Wildman–Crippen MR) is 120 cm³/mol. The van der Waals surface area contributed by atoms with Crippen LogP contribution < -0.4 is 5.73 Å². The van der Waals surface area contributed by atoms with Gasteiger partial charge in [-0.05, 0) is 55.7 Å². The van der Waals surface area contributed by atoms with Crippen LogP contribution in [0.15, 0.2) is 36.5 Å². The van der Waals surface area contributed by atoms with Crippen LogP contribution in [0, 0.1) is 28.1 Å². The molecule has 0 bridgehead atoms. The summed E-state index contributed by atoms with van der Waals surface area (Å²) < 4.78 is 5.76. The summed E-state index contributed by atoms with van der Waals surface area (Å²) >= 11 is 0. The number of amides is 1. The lowest BCUT2D eigenvalue weighted by Crippen LogP contribution is -2.35. The Bertz CT molecular complexity index is 1350. The third-order valence-corrected chi connectivity index (χ3v) is 6.47. The molecule has 2 aliphatic rings. The fourth-order valence-corrected chi connectivity index (χ4v) is 4.38. The summed E-state index contributed by atoms with van der Waals surface area (Å²) in [7, 11) is 0. The molecule has 33 heavy (non-hydrogen) atoms. The number of ether oxygens (including phenoxy) is 1. The average Bonchev–Trinajstić information content (AvgIpc) is 3.50. The van der Waals surface area contributed by atoms with Gasteiger partial charge in [-0.15, -0.1) is 0 Å². The van der Waals surface area contributed by atoms with Crippen molar-refractivity contribution in [3.8, 4) is 12.1 Å². The molecule has 1 aliphatic heterocycles. The molecular formula is C25H22N6O2. The number of nitrogens with two attached hydrogens (primary N) is 1. The van der Waals surface area contributed by atoms with Crippen LogP contribution in [-0.2, 0) is 17.9 Å². The summed E-state index contributed by atoms with van der Waals surface area (Å²) in [6.45, 7) is 2.95. The Morgan fingerprint density at radius 1 is 1.30 bits per heavy atom. The van der Waals surface area contributed by atoms with E-state index in [0.717, 1.165) is 34.9 Å². The van der Waals surface area contributed by atoms with Crippen LogP contribution >= 0.6 is 0 Å². The van der Waals surface area contributed by atoms with Crippen LogP contribution in [0.5, 0.6) is 0 Å². The van der Waals surface area contributed by atoms with Crippen LogP contribution in [0.4, 0.5) is 5.82 Å². The van der Waals surface area contributed by atoms with E-state index in [1.165, 1.54) is 6.20 Å². The number of benzene rings is 1. The zero-order valence-corrected chi connectivity index (χ0v) is 18.2. The molecule has 1 aromatic carbocycles. The van der Waals surface area contributed by atoms with Gasteiger partial charge in [-0.1, -0.05) is 0 Å². The topological polar surface area (TPSA) is 129 Å². The number of carbonyl (C=O) groups is 1. The number of fused-ring (bicyclic) bond motifs is 3. The van der Waals surface area contributed by atoms with Crippen molar-refractivity contribution in [1.29, 1.82) is 10.5 Å². The Labute approximate surface area is 191 Å². The zero-order chi connectivity index (χ0) is 23.2. The molecule has 8 nitrogen and oxygen atoms in total. The minimum Gasteiger partial charge on any atom is -0.383 e. The number of anilines is 1. The first-order valence-electron chi connectivity index (χ1n) is 10.8. The molecule has 8 heteroatoms. The van der Waals surface area contributed by atoms with Crippen molar-refractivity contribution in [3.63, 3.8) is 0 Å². The lowest BCUT2D eigenvalue weighted by Gasteiger charge is -2.25. The summed E-state index contributed by atoms with van der Waals surface area (Å²) in [5.74, 6) is 0.280. The first-order chi connectivity index (χ1) is 15.9. The van der Waals surface area contributed by atoms with Gasteiger partial charge >= 0.3 is 0 Å². The molecule has 2 N–H and O–H groups in total. The number of carbonyl (C=O) groups excluding carboxylic acids is 1. The number of nitrogens with zero attached hydrogens (tertiary/aromatic N) is 5. The van der Waals surface area contributed by atoms with Crippen molar-refractivity contribution in [1.82, 2.24) is 14.9 Å². The Hall–Kier alpha value is -4.01. The molecule has 1 aliphatic carbocycles. The number of hydrogen-bond donors (Lipinski definition) is 1. The molecule has 0 spiro atoms. The molecule has 3 heterocycles. The highest BCUT2D eigenvalue weighted by atomic mass is 16.5. The molecule has 164 valence electrons. The first kappa shape index (κ1) is 20.9. The first-order valence-corrected chi connectivity index (χ1v) is 10.8. The van der Waals surface area contributed by atoms with Gasteiger partial charge in [0.05, 0.1) is 47.5 Å². The predicted octanol–water partition coefficient (Wildman–Crippen LogP) is 3.62. The highest BCUT2D eigenvalue weighted by Gasteiger charge is 2.45. The van der Waals surface area contributed by atoms with Gasteiger partial charge in [0.1, 0.15) is 11.9 Å². The second-order valence-corrected chi connectivity index (χ2v) is 8.78. The van der Waals surface area contributed by atoms with Crippen molar-refractivity contribution < 1.29 is 9.53 Å². The van der Waals surface area contributed by atoms with E-state index >= 15 is 0 Å². The Morgan fingerprint density at radius 3 is 2.79 bits per heavy atom. The molecule has 5 rings (SSSR count). The summed E-state index contributed by atoms with van der Waals surface area (Å²) in [5.41, 5.74) is 9.85. The Morgan fingerprint density at radius 2 is 2.12 bits per heavy atom. The van der Waals surface area contributed by atoms with E-state index in [-0.39, 0.29) is 18.6 Å². The second kappa shape index (κ2) is 7.84. The molecule has 1 saturated carbocycles. The molecule has 0 unspecified atom stereocenters. The lowest BCUT2D eigenvalue weighted by atomic mass is 9.99. The maximum atomic E-state index is 13.6. The monoisotopic (exact) mass is 438 g/mol. The largest absolute Gasteiger partial charge is 0.383 e. The summed E-state index contributed by atoms with van der Waals surface area (Å²) in [6, 6.07) is 13.2. The maximum Gasteiger partial charge on any atom is 0.254 e. The van der Waals surface area contributed by atoms with Gasteiger partial charge < -0.3 is 15.4 Å². The number of pyridine rings is 2. The minimum absolute atomic E-state index is 0.138. The molecule has 1 fully saturated rings. The van der Waals surface area contributed by atoms with Crippen LogP contribution in [0.3, 0.4) is 0 Å². The third kappa shape index (κ3) is 3.75. The van der Waals surface area contributed by atoms with E-state index in [2.05, 4.69) is 16.0 Å². The van der Waals surface area contributed by atoms with E-state index in [9.17, 15) is 10.1 Å². The molecule has 0 radical (unpaired) electrons. The van der Waals surface area contributed by atoms with Gasteiger partial charge in [0.2, 0.25) is 0 Å². The summed E-state index contributed by atoms with van der Waals surface area (Å²) in [6.07, 6.45) is 2.90. The Kier molecular flexibility index (Phi) is 4.96. The summed E-state index contributed by atoms with van der Waals surface area (Å²) in [5, 5.41) is 19.5. The number of nitrogen functional groups attached to an aromatic ring is 1. The van der Waals surface area contributed by atoms with Crippen molar-refractivity contribution >= 4 is 22.6 Å². The lowest BCUT2D eigenvalue weighted by molar-refractivity contribution is 0.0718.